The van der Waals surface area contributed by atoms with Gasteiger partial charge in [-0.25, -0.2) is 0 Å². The van der Waals surface area contributed by atoms with E-state index in [4.69, 9.17) is 0 Å². The van der Waals surface area contributed by atoms with Crippen molar-refractivity contribution in [2.24, 2.45) is 0 Å². The molecular formula is C8H17N. The first kappa shape index (κ1) is 8.28. The summed E-state index contributed by atoms with van der Waals surface area (Å²) < 4.78 is 0. The Bertz CT molecular complexity index is 142. The molecule has 0 amide bonds. The van der Waals surface area contributed by atoms with E-state index in [0.717, 1.165) is 0 Å². The minimum absolute atomic E-state index is 0. The summed E-state index contributed by atoms with van der Waals surface area (Å²) >= 11 is 0. The Morgan fingerprint density at radius 2 is 1.89 bits per heavy atom. The molecule has 0 radical (unpaired) electrons. The molecule has 0 bridgehead atoms. The van der Waals surface area contributed by atoms with Gasteiger partial charge in [0.25, 0.3) is 0 Å². The Kier molecular flexibility index (Phi) is 3.85. The van der Waals surface area contributed by atoms with Crippen molar-refractivity contribution in [2.75, 3.05) is 0 Å². The van der Waals surface area contributed by atoms with Crippen LogP contribution in [0.3, 0.4) is 0 Å². The van der Waals surface area contributed by atoms with Crippen molar-refractivity contribution in [3.63, 3.8) is 0 Å². The van der Waals surface area contributed by atoms with Crippen LogP contribution in [0.5, 0.6) is 0 Å². The fraction of sp³-hybridized carbons (Fsp3) is 0.500. The molecule has 0 aromatic carbocycles. The maximum Gasteiger partial charge on any atom is 0.0145 e. The normalized spacial score (nSPS) is 8.00. The predicted molar refractivity (Wildman–Crippen MR) is 43.7 cm³/mol. The minimum Gasteiger partial charge on any atom is -0.365 e. The highest BCUT2D eigenvalue weighted by molar-refractivity contribution is 5.15. The molecule has 1 heterocycles. The zero-order valence-electron chi connectivity index (χ0n) is 6.65. The highest BCUT2D eigenvalue weighted by Crippen LogP contribution is 1.99. The van der Waals surface area contributed by atoms with Gasteiger partial charge < -0.3 is 4.98 Å². The third-order valence-electron chi connectivity index (χ3n) is 1.22. The summed E-state index contributed by atoms with van der Waals surface area (Å²) in [4.78, 5) is 3.07. The highest BCUT2D eigenvalue weighted by Gasteiger charge is 1.85. The highest BCUT2D eigenvalue weighted by atomic mass is 14.7. The topological polar surface area (TPSA) is 15.8 Å². The number of aromatic nitrogens is 1. The molecule has 0 fully saturated rings. The minimum atomic E-state index is 0. The van der Waals surface area contributed by atoms with E-state index in [9.17, 15) is 0 Å². The summed E-state index contributed by atoms with van der Waals surface area (Å²) in [5.41, 5.74) is 2.60. The largest absolute Gasteiger partial charge is 0.365 e. The summed E-state index contributed by atoms with van der Waals surface area (Å²) in [7, 11) is 0. The number of aryl methyl sites for hydroxylation is 2. The van der Waals surface area contributed by atoms with Crippen LogP contribution >= 0.6 is 0 Å². The van der Waals surface area contributed by atoms with Crippen molar-refractivity contribution >= 4 is 0 Å². The maximum absolute atomic E-state index is 3.07. The van der Waals surface area contributed by atoms with Gasteiger partial charge in [-0.2, -0.15) is 0 Å². The van der Waals surface area contributed by atoms with E-state index in [1.54, 1.807) is 0 Å². The smallest absolute Gasteiger partial charge is 0.0145 e. The maximum atomic E-state index is 3.07. The van der Waals surface area contributed by atoms with Crippen LogP contribution in [-0.2, 0) is 0 Å². The third-order valence-corrected chi connectivity index (χ3v) is 1.22. The van der Waals surface area contributed by atoms with Crippen molar-refractivity contribution < 1.29 is 1.43 Å². The summed E-state index contributed by atoms with van der Waals surface area (Å²) in [6.45, 7) is 8.15. The lowest BCUT2D eigenvalue weighted by atomic mass is 10.3. The number of nitrogens with one attached hydrogen (secondary N) is 1. The molecule has 0 aliphatic carbocycles. The van der Waals surface area contributed by atoms with Crippen LogP contribution in [0.25, 0.3) is 0 Å². The summed E-state index contributed by atoms with van der Waals surface area (Å²) in [6.07, 6.45) is 1.95. The zero-order valence-corrected chi connectivity index (χ0v) is 6.65. The summed E-state index contributed by atoms with van der Waals surface area (Å²) in [5, 5.41) is 0. The van der Waals surface area contributed by atoms with Crippen LogP contribution in [0.15, 0.2) is 12.3 Å². The Labute approximate surface area is 58.6 Å². The Morgan fingerprint density at radius 1 is 1.33 bits per heavy atom. The molecule has 0 aliphatic rings. The lowest BCUT2D eigenvalue weighted by Gasteiger charge is -1.81. The van der Waals surface area contributed by atoms with Crippen LogP contribution in [0.4, 0.5) is 0 Å². The van der Waals surface area contributed by atoms with Crippen molar-refractivity contribution in [3.05, 3.63) is 23.5 Å². The quantitative estimate of drug-likeness (QED) is 0.551. The van der Waals surface area contributed by atoms with Crippen molar-refractivity contribution in [1.82, 2.24) is 4.98 Å². The van der Waals surface area contributed by atoms with Gasteiger partial charge in [0.05, 0.1) is 0 Å². The van der Waals surface area contributed by atoms with Gasteiger partial charge in [-0.1, -0.05) is 13.8 Å². The lowest BCUT2D eigenvalue weighted by molar-refractivity contribution is 1.23. The number of hydrogen-bond donors (Lipinski definition) is 1. The molecule has 1 N–H and O–H groups in total. The lowest BCUT2D eigenvalue weighted by Crippen LogP contribution is -1.69. The van der Waals surface area contributed by atoms with Crippen molar-refractivity contribution in [1.29, 1.82) is 0 Å². The van der Waals surface area contributed by atoms with Gasteiger partial charge in [-0.05, 0) is 25.5 Å². The molecule has 1 aromatic heterocycles. The molecule has 1 heteroatoms. The molecule has 9 heavy (non-hydrogen) atoms. The standard InChI is InChI=1S/C6H9N.C2H6.H2/c1-5-3-4-7-6(5)2;1-2;/h3-4,7H,1-2H3;1-2H3;1H. The van der Waals surface area contributed by atoms with E-state index >= 15 is 0 Å². The fourth-order valence-electron chi connectivity index (χ4n) is 0.531. The second-order valence-corrected chi connectivity index (χ2v) is 1.79. The van der Waals surface area contributed by atoms with Gasteiger partial charge >= 0.3 is 0 Å². The molecule has 0 unspecified atom stereocenters. The number of aromatic amines is 1. The van der Waals surface area contributed by atoms with Crippen LogP contribution in [0.2, 0.25) is 0 Å². The van der Waals surface area contributed by atoms with Crippen LogP contribution in [0.1, 0.15) is 26.5 Å². The molecular weight excluding hydrogens is 110 g/mol. The molecule has 1 rings (SSSR count). The number of hydrogen-bond acceptors (Lipinski definition) is 0. The average molecular weight is 127 g/mol. The fourth-order valence-corrected chi connectivity index (χ4v) is 0.531. The van der Waals surface area contributed by atoms with Gasteiger partial charge in [0.1, 0.15) is 0 Å². The molecule has 0 saturated carbocycles. The molecule has 0 aliphatic heterocycles. The Morgan fingerprint density at radius 3 is 2.00 bits per heavy atom. The van der Waals surface area contributed by atoms with E-state index in [1.165, 1.54) is 11.3 Å². The zero-order chi connectivity index (χ0) is 7.28. The van der Waals surface area contributed by atoms with Crippen LogP contribution in [-0.4, -0.2) is 4.98 Å². The SMILES string of the molecule is CC.Cc1cc[nH]c1C.[HH]. The second kappa shape index (κ2) is 4.19. The van der Waals surface area contributed by atoms with Gasteiger partial charge in [-0.15, -0.1) is 0 Å². The number of H-pyrrole nitrogens is 1. The molecule has 0 atom stereocenters. The van der Waals surface area contributed by atoms with Crippen molar-refractivity contribution in [3.8, 4) is 0 Å². The molecule has 0 spiro atoms. The monoisotopic (exact) mass is 127 g/mol. The summed E-state index contributed by atoms with van der Waals surface area (Å²) in [6, 6.07) is 2.06. The van der Waals surface area contributed by atoms with Gasteiger partial charge in [-0.3, -0.25) is 0 Å². The van der Waals surface area contributed by atoms with E-state index in [2.05, 4.69) is 24.9 Å². The van der Waals surface area contributed by atoms with Crippen molar-refractivity contribution in [2.45, 2.75) is 27.7 Å². The van der Waals surface area contributed by atoms with Gasteiger partial charge in [0.15, 0.2) is 0 Å². The summed E-state index contributed by atoms with van der Waals surface area (Å²) in [5.74, 6) is 0. The van der Waals surface area contributed by atoms with E-state index in [1.807, 2.05) is 20.0 Å². The van der Waals surface area contributed by atoms with Gasteiger partial charge in [0, 0.05) is 13.3 Å². The Hall–Kier alpha value is -0.720. The first-order valence-corrected chi connectivity index (χ1v) is 3.41. The number of rotatable bonds is 0. The third kappa shape index (κ3) is 2.36. The molecule has 1 aromatic rings. The van der Waals surface area contributed by atoms with Crippen LogP contribution in [0, 0.1) is 13.8 Å². The van der Waals surface area contributed by atoms with E-state index in [-0.39, 0.29) is 1.43 Å². The second-order valence-electron chi connectivity index (χ2n) is 1.79. The van der Waals surface area contributed by atoms with E-state index < -0.39 is 0 Å². The predicted octanol–water partition coefficient (Wildman–Crippen LogP) is 2.90. The first-order chi connectivity index (χ1) is 4.30. The molecule has 1 nitrogen and oxygen atoms in total. The van der Waals surface area contributed by atoms with Crippen LogP contribution < -0.4 is 0 Å². The van der Waals surface area contributed by atoms with E-state index in [0.29, 0.717) is 0 Å². The molecule has 54 valence electrons. The van der Waals surface area contributed by atoms with Gasteiger partial charge in [0.2, 0.25) is 0 Å². The Balaban J connectivity index is 0. The average Bonchev–Trinajstić information content (AvgIpc) is 2.23. The first-order valence-electron chi connectivity index (χ1n) is 3.41. The molecule has 0 saturated heterocycles.